The number of benzene rings is 2. The summed E-state index contributed by atoms with van der Waals surface area (Å²) < 4.78 is 0. The van der Waals surface area contributed by atoms with E-state index in [4.69, 9.17) is 5.73 Å². The zero-order chi connectivity index (χ0) is 32.6. The average Bonchev–Trinajstić information content (AvgIpc) is 2.95. The Hall–Kier alpha value is -3.76. The van der Waals surface area contributed by atoms with Gasteiger partial charge in [-0.1, -0.05) is 41.1 Å². The van der Waals surface area contributed by atoms with E-state index in [1.165, 1.54) is 55.4 Å². The van der Waals surface area contributed by atoms with E-state index in [0.29, 0.717) is 11.1 Å². The Morgan fingerprint density at radius 1 is 1.04 bits per heavy atom. The summed E-state index contributed by atoms with van der Waals surface area (Å²) in [6.45, 7) is 1.60. The van der Waals surface area contributed by atoms with Crippen LogP contribution in [-0.2, 0) is 19.2 Å². The summed E-state index contributed by atoms with van der Waals surface area (Å²) in [5.41, 5.74) is 1.15. The summed E-state index contributed by atoms with van der Waals surface area (Å²) in [4.78, 5) is 52.9. The first-order chi connectivity index (χ1) is 20.5. The SMILES string of the molecule is Br.CC1c2ccc(NC(=O)C(Br)c3ccc(O)cc3)c(O)c2C(O)=C2C(=O)C3(O)C(O)=C(C(N)=O)C(=O)[C@@H](N(C)C)C3C(O)C21. The number of halogens is 2. The molecule has 13 nitrogen and oxygen atoms in total. The molecule has 3 aliphatic rings. The molecule has 3 aliphatic carbocycles. The molecular weight excluding hydrogens is 722 g/mol. The van der Waals surface area contributed by atoms with Crippen molar-refractivity contribution in [1.29, 1.82) is 0 Å². The number of nitrogens with one attached hydrogen (secondary N) is 1. The molecular formula is C30H31Br2N3O10. The number of aliphatic hydroxyl groups is 4. The number of carbonyl (C=O) groups excluding carboxylic acids is 4. The van der Waals surface area contributed by atoms with Crippen molar-refractivity contribution in [3.05, 3.63) is 70.0 Å². The van der Waals surface area contributed by atoms with Crippen LogP contribution in [0.5, 0.6) is 11.5 Å². The molecule has 2 amide bonds. The van der Waals surface area contributed by atoms with Crippen LogP contribution in [0.1, 0.15) is 34.4 Å². The average molecular weight is 753 g/mol. The third-order valence-electron chi connectivity index (χ3n) is 8.80. The molecule has 0 saturated heterocycles. The van der Waals surface area contributed by atoms with Gasteiger partial charge in [0.15, 0.2) is 11.4 Å². The number of nitrogens with two attached hydrogens (primary N) is 1. The van der Waals surface area contributed by atoms with Crippen molar-refractivity contribution in [2.24, 2.45) is 17.6 Å². The monoisotopic (exact) mass is 751 g/mol. The standard InChI is InChI=1S/C30H30BrN3O10.BrH/c1-10-13-8-9-14(33-29(43)20(31)11-4-6-12(35)7-5-11)22(36)16(13)23(37)17-15(10)24(38)19-21(34(2)3)25(39)18(28(32)42)27(41)30(19,44)26(17)40;/h4-10,15,19-21,24,35-38,41,44H,1-3H3,(H2,32,42)(H,33,43);1H/t10?,15?,19?,20?,21-,24?,30?;/m0./s1. The summed E-state index contributed by atoms with van der Waals surface area (Å²) in [5, 5.41) is 69.2. The normalized spacial score (nSPS) is 28.1. The highest BCUT2D eigenvalue weighted by molar-refractivity contribution is 9.09. The molecule has 0 aliphatic heterocycles. The van der Waals surface area contributed by atoms with Crippen LogP contribution in [0.2, 0.25) is 0 Å². The number of anilines is 1. The minimum absolute atomic E-state index is 0. The fourth-order valence-electron chi connectivity index (χ4n) is 6.71. The number of aromatic hydroxyl groups is 2. The van der Waals surface area contributed by atoms with Crippen molar-refractivity contribution in [1.82, 2.24) is 4.90 Å². The van der Waals surface area contributed by atoms with Crippen molar-refractivity contribution in [2.75, 3.05) is 19.4 Å². The van der Waals surface area contributed by atoms with Crippen LogP contribution in [0, 0.1) is 11.8 Å². The molecule has 0 radical (unpaired) electrons. The number of primary amides is 1. The van der Waals surface area contributed by atoms with Crippen molar-refractivity contribution in [3.63, 3.8) is 0 Å². The quantitative estimate of drug-likeness (QED) is 0.125. The molecule has 1 saturated carbocycles. The number of ketones is 2. The van der Waals surface area contributed by atoms with E-state index in [-0.39, 0.29) is 34.0 Å². The molecule has 45 heavy (non-hydrogen) atoms. The maximum Gasteiger partial charge on any atom is 0.255 e. The first-order valence-electron chi connectivity index (χ1n) is 13.5. The maximum absolute atomic E-state index is 14.1. The van der Waals surface area contributed by atoms with Crippen LogP contribution in [0.25, 0.3) is 5.76 Å². The number of phenols is 2. The highest BCUT2D eigenvalue weighted by atomic mass is 79.9. The summed E-state index contributed by atoms with van der Waals surface area (Å²) in [6, 6.07) is 7.24. The molecule has 7 atom stereocenters. The molecule has 0 heterocycles. The lowest BCUT2D eigenvalue weighted by Gasteiger charge is -2.53. The predicted octanol–water partition coefficient (Wildman–Crippen LogP) is 1.85. The second kappa shape index (κ2) is 11.9. The second-order valence-corrected chi connectivity index (χ2v) is 12.3. The number of Topliss-reactive ketones (excluding diaryl/α,β-unsaturated/α-hetero) is 2. The summed E-state index contributed by atoms with van der Waals surface area (Å²) in [5.74, 6) is -10.7. The number of phenolic OH excluding ortho intramolecular Hbond substituents is 2. The number of fused-ring (bicyclic) bond motifs is 3. The summed E-state index contributed by atoms with van der Waals surface area (Å²) >= 11 is 3.27. The van der Waals surface area contributed by atoms with Crippen LogP contribution in [0.4, 0.5) is 5.69 Å². The van der Waals surface area contributed by atoms with Gasteiger partial charge in [0.05, 0.1) is 29.3 Å². The van der Waals surface area contributed by atoms with Crippen molar-refractivity contribution >= 4 is 67.7 Å². The number of alkyl halides is 1. The van der Waals surface area contributed by atoms with Crippen molar-refractivity contribution < 1.29 is 49.8 Å². The smallest absolute Gasteiger partial charge is 0.255 e. The van der Waals surface area contributed by atoms with Gasteiger partial charge in [-0.15, -0.1) is 17.0 Å². The van der Waals surface area contributed by atoms with Crippen LogP contribution in [0.3, 0.4) is 0 Å². The Balaban J connectivity index is 0.00000461. The van der Waals surface area contributed by atoms with Gasteiger partial charge in [-0.25, -0.2) is 0 Å². The molecule has 0 spiro atoms. The number of aliphatic hydroxyl groups excluding tert-OH is 3. The van der Waals surface area contributed by atoms with Gasteiger partial charge in [0, 0.05) is 11.5 Å². The van der Waals surface area contributed by atoms with E-state index in [1.807, 2.05) is 0 Å². The fraction of sp³-hybridized carbons (Fsp3) is 0.333. The molecule has 6 unspecified atom stereocenters. The Morgan fingerprint density at radius 2 is 1.64 bits per heavy atom. The van der Waals surface area contributed by atoms with Crippen LogP contribution in [-0.4, -0.2) is 90.8 Å². The Kier molecular flexibility index (Phi) is 9.00. The molecule has 240 valence electrons. The topological polar surface area (TPSA) is 231 Å². The number of likely N-dealkylation sites (N-methyl/N-ethyl adjacent to an activating group) is 1. The minimum atomic E-state index is -3.03. The molecule has 9 N–H and O–H groups in total. The maximum atomic E-state index is 14.1. The second-order valence-electron chi connectivity index (χ2n) is 11.4. The van der Waals surface area contributed by atoms with E-state index < -0.39 is 92.1 Å². The Bertz CT molecular complexity index is 1690. The fourth-order valence-corrected chi connectivity index (χ4v) is 7.13. The van der Waals surface area contributed by atoms with Gasteiger partial charge in [-0.05, 0) is 49.3 Å². The number of carbonyl (C=O) groups is 4. The molecule has 2 aromatic carbocycles. The van der Waals surface area contributed by atoms with Crippen LogP contribution >= 0.6 is 32.9 Å². The van der Waals surface area contributed by atoms with Gasteiger partial charge >= 0.3 is 0 Å². The van der Waals surface area contributed by atoms with Crippen LogP contribution in [0.15, 0.2) is 53.3 Å². The zero-order valence-corrected chi connectivity index (χ0v) is 27.4. The Labute approximate surface area is 275 Å². The first kappa shape index (κ1) is 34.1. The molecule has 5 rings (SSSR count). The van der Waals surface area contributed by atoms with Gasteiger partial charge in [0.25, 0.3) is 5.91 Å². The zero-order valence-electron chi connectivity index (χ0n) is 24.1. The number of nitrogens with zero attached hydrogens (tertiary/aromatic N) is 1. The van der Waals surface area contributed by atoms with Gasteiger partial charge in [-0.2, -0.15) is 0 Å². The van der Waals surface area contributed by atoms with Crippen LogP contribution < -0.4 is 11.1 Å². The van der Waals surface area contributed by atoms with E-state index in [2.05, 4.69) is 21.2 Å². The third kappa shape index (κ3) is 4.93. The molecule has 1 fully saturated rings. The lowest BCUT2D eigenvalue weighted by atomic mass is 9.54. The Morgan fingerprint density at radius 3 is 2.20 bits per heavy atom. The number of hydrogen-bond acceptors (Lipinski definition) is 11. The highest BCUT2D eigenvalue weighted by Gasteiger charge is 2.68. The molecule has 0 aromatic heterocycles. The predicted molar refractivity (Wildman–Crippen MR) is 169 cm³/mol. The van der Waals surface area contributed by atoms with Crippen molar-refractivity contribution in [3.8, 4) is 11.5 Å². The van der Waals surface area contributed by atoms with Crippen molar-refractivity contribution in [2.45, 2.75) is 35.4 Å². The van der Waals surface area contributed by atoms with E-state index in [1.54, 1.807) is 6.92 Å². The number of hydrogen-bond donors (Lipinski definition) is 8. The van der Waals surface area contributed by atoms with E-state index in [9.17, 15) is 49.8 Å². The van der Waals surface area contributed by atoms with Gasteiger partial charge in [-0.3, -0.25) is 24.1 Å². The number of amides is 2. The first-order valence-corrected chi connectivity index (χ1v) is 14.4. The van der Waals surface area contributed by atoms with Gasteiger partial charge in [0.2, 0.25) is 11.7 Å². The third-order valence-corrected chi connectivity index (χ3v) is 9.75. The molecule has 15 heteroatoms. The summed E-state index contributed by atoms with van der Waals surface area (Å²) in [7, 11) is 2.85. The lowest BCUT2D eigenvalue weighted by molar-refractivity contribution is -0.169. The van der Waals surface area contributed by atoms with E-state index in [0.717, 1.165) is 0 Å². The van der Waals surface area contributed by atoms with Gasteiger partial charge in [0.1, 0.15) is 33.4 Å². The summed E-state index contributed by atoms with van der Waals surface area (Å²) in [6.07, 6.45) is -1.72. The van der Waals surface area contributed by atoms with E-state index >= 15 is 0 Å². The van der Waals surface area contributed by atoms with Gasteiger partial charge < -0.3 is 41.7 Å². The highest BCUT2D eigenvalue weighted by Crippen LogP contribution is 2.56. The number of rotatable bonds is 5. The molecule has 0 bridgehead atoms. The minimum Gasteiger partial charge on any atom is -0.508 e. The largest absolute Gasteiger partial charge is 0.508 e. The molecule has 2 aromatic rings. The lowest BCUT2D eigenvalue weighted by Crippen LogP contribution is -2.70.